The molecule has 1 aliphatic rings. The highest BCUT2D eigenvalue weighted by atomic mass is 79.9. The first-order valence-electron chi connectivity index (χ1n) is 15.3. The number of benzene rings is 4. The standard InChI is InChI=1S/C38H32Br2N2O4S/c1-4-45-37(44)33-34(27-8-6-5-7-9-27)41-38-42(35(33)28-15-13-26(14-16-28)23(2)3)36(43)32(47-38)21-25-12-19-31(30(40)20-25)46-22-24-10-17-29(39)18-11-24/h5-21,23,35H,4,22H2,1-3H3/b32-21-/t35-/m1/s1. The molecule has 0 fully saturated rings. The Kier molecular flexibility index (Phi) is 10.1. The maximum absolute atomic E-state index is 14.2. The maximum atomic E-state index is 14.2. The summed E-state index contributed by atoms with van der Waals surface area (Å²) in [4.78, 5) is 33.4. The SMILES string of the molecule is CCOC(=O)C1=C(c2ccccc2)N=c2s/c(=C\c3ccc(OCc4ccc(Br)cc4)c(Br)c3)c(=O)n2[C@@H]1c1ccc(C(C)C)cc1. The van der Waals surface area contributed by atoms with E-state index in [9.17, 15) is 9.59 Å². The third-order valence-electron chi connectivity index (χ3n) is 7.85. The molecule has 0 spiro atoms. The number of aromatic nitrogens is 1. The van der Waals surface area contributed by atoms with Crippen molar-refractivity contribution in [1.82, 2.24) is 4.57 Å². The van der Waals surface area contributed by atoms with Crippen LogP contribution >= 0.6 is 43.2 Å². The van der Waals surface area contributed by atoms with E-state index in [2.05, 4.69) is 57.8 Å². The summed E-state index contributed by atoms with van der Waals surface area (Å²) in [5.41, 5.74) is 5.24. The van der Waals surface area contributed by atoms with Crippen LogP contribution in [0, 0.1) is 0 Å². The van der Waals surface area contributed by atoms with Gasteiger partial charge in [-0.1, -0.05) is 114 Å². The smallest absolute Gasteiger partial charge is 0.338 e. The molecule has 0 unspecified atom stereocenters. The van der Waals surface area contributed by atoms with Crippen LogP contribution in [-0.4, -0.2) is 17.1 Å². The van der Waals surface area contributed by atoms with Crippen molar-refractivity contribution < 1.29 is 14.3 Å². The highest BCUT2D eigenvalue weighted by Gasteiger charge is 2.35. The average molecular weight is 773 g/mol. The number of carbonyl (C=O) groups is 1. The van der Waals surface area contributed by atoms with Crippen molar-refractivity contribution in [3.8, 4) is 5.75 Å². The lowest BCUT2D eigenvalue weighted by atomic mass is 9.91. The summed E-state index contributed by atoms with van der Waals surface area (Å²) >= 11 is 8.40. The minimum atomic E-state index is -0.718. The first-order valence-corrected chi connectivity index (χ1v) is 17.7. The molecule has 0 saturated heterocycles. The molecule has 6 nitrogen and oxygen atoms in total. The zero-order valence-corrected chi connectivity index (χ0v) is 30.1. The van der Waals surface area contributed by atoms with E-state index >= 15 is 0 Å². The highest BCUT2D eigenvalue weighted by molar-refractivity contribution is 9.10. The van der Waals surface area contributed by atoms with Gasteiger partial charge in [-0.25, -0.2) is 9.79 Å². The van der Waals surface area contributed by atoms with E-state index in [1.54, 1.807) is 11.5 Å². The maximum Gasteiger partial charge on any atom is 0.338 e. The van der Waals surface area contributed by atoms with Crippen LogP contribution in [0.2, 0.25) is 0 Å². The van der Waals surface area contributed by atoms with Gasteiger partial charge in [0.1, 0.15) is 12.4 Å². The Hall–Kier alpha value is -4.05. The molecular formula is C38H32Br2N2O4S. The van der Waals surface area contributed by atoms with Crippen LogP contribution in [-0.2, 0) is 16.1 Å². The predicted octanol–water partition coefficient (Wildman–Crippen LogP) is 8.16. The fourth-order valence-electron chi connectivity index (χ4n) is 5.44. The van der Waals surface area contributed by atoms with Crippen molar-refractivity contribution in [1.29, 1.82) is 0 Å². The van der Waals surface area contributed by atoms with Crippen LogP contribution in [0.5, 0.6) is 5.75 Å². The number of halogens is 2. The van der Waals surface area contributed by atoms with Gasteiger partial charge in [-0.2, -0.15) is 0 Å². The van der Waals surface area contributed by atoms with Crippen molar-refractivity contribution >= 4 is 60.9 Å². The second-order valence-corrected chi connectivity index (χ2v) is 14.1. The van der Waals surface area contributed by atoms with Crippen LogP contribution < -0.4 is 19.6 Å². The molecule has 0 saturated carbocycles. The van der Waals surface area contributed by atoms with Crippen LogP contribution in [0.4, 0.5) is 0 Å². The zero-order valence-electron chi connectivity index (χ0n) is 26.1. The van der Waals surface area contributed by atoms with E-state index in [1.807, 2.05) is 91.0 Å². The predicted molar refractivity (Wildman–Crippen MR) is 194 cm³/mol. The zero-order chi connectivity index (χ0) is 33.1. The van der Waals surface area contributed by atoms with Crippen LogP contribution in [0.1, 0.15) is 60.5 Å². The van der Waals surface area contributed by atoms with Crippen molar-refractivity contribution in [2.75, 3.05) is 6.61 Å². The molecule has 0 aliphatic carbocycles. The molecule has 0 radical (unpaired) electrons. The van der Waals surface area contributed by atoms with E-state index in [-0.39, 0.29) is 12.2 Å². The summed E-state index contributed by atoms with van der Waals surface area (Å²) < 4.78 is 15.6. The molecule has 1 aliphatic heterocycles. The van der Waals surface area contributed by atoms with Gasteiger partial charge in [-0.3, -0.25) is 9.36 Å². The second-order valence-electron chi connectivity index (χ2n) is 11.4. The number of carbonyl (C=O) groups excluding carboxylic acids is 1. The van der Waals surface area contributed by atoms with E-state index in [4.69, 9.17) is 14.5 Å². The highest BCUT2D eigenvalue weighted by Crippen LogP contribution is 2.36. The van der Waals surface area contributed by atoms with Crippen molar-refractivity contribution in [2.45, 2.75) is 39.3 Å². The van der Waals surface area contributed by atoms with E-state index < -0.39 is 12.0 Å². The van der Waals surface area contributed by atoms with Crippen LogP contribution in [0.15, 0.2) is 121 Å². The summed E-state index contributed by atoms with van der Waals surface area (Å²) in [6, 6.07) is 30.7. The molecule has 238 valence electrons. The Morgan fingerprint density at radius 1 is 0.979 bits per heavy atom. The average Bonchev–Trinajstić information content (AvgIpc) is 3.38. The van der Waals surface area contributed by atoms with Crippen molar-refractivity contribution in [2.24, 2.45) is 4.99 Å². The second kappa shape index (κ2) is 14.4. The summed E-state index contributed by atoms with van der Waals surface area (Å²) in [7, 11) is 0. The fraction of sp³-hybridized carbons (Fsp3) is 0.184. The van der Waals surface area contributed by atoms with Gasteiger partial charge in [0.15, 0.2) is 4.80 Å². The molecule has 47 heavy (non-hydrogen) atoms. The number of fused-ring (bicyclic) bond motifs is 1. The third kappa shape index (κ3) is 7.12. The molecule has 2 heterocycles. The first kappa shape index (κ1) is 32.9. The largest absolute Gasteiger partial charge is 0.488 e. The third-order valence-corrected chi connectivity index (χ3v) is 9.99. The Labute approximate surface area is 294 Å². The van der Waals surface area contributed by atoms with Crippen LogP contribution in [0.25, 0.3) is 11.8 Å². The van der Waals surface area contributed by atoms with E-state index in [0.717, 1.165) is 31.2 Å². The molecular weight excluding hydrogens is 740 g/mol. The van der Waals surface area contributed by atoms with Gasteiger partial charge in [0, 0.05) is 10.0 Å². The minimum Gasteiger partial charge on any atom is -0.488 e. The first-order chi connectivity index (χ1) is 22.7. The number of hydrogen-bond acceptors (Lipinski definition) is 6. The summed E-state index contributed by atoms with van der Waals surface area (Å²) in [5.74, 6) is 0.538. The Morgan fingerprint density at radius 3 is 2.36 bits per heavy atom. The van der Waals surface area contributed by atoms with Crippen LogP contribution in [0.3, 0.4) is 0 Å². The Morgan fingerprint density at radius 2 is 1.70 bits per heavy atom. The molecule has 5 aromatic rings. The quantitative estimate of drug-likeness (QED) is 0.142. The topological polar surface area (TPSA) is 69.9 Å². The lowest BCUT2D eigenvalue weighted by Gasteiger charge is -2.26. The fourth-order valence-corrected chi connectivity index (χ4v) is 7.21. The molecule has 0 bridgehead atoms. The Bertz CT molecular complexity index is 2140. The van der Waals surface area contributed by atoms with E-state index in [1.165, 1.54) is 16.9 Å². The molecule has 4 aromatic carbocycles. The Balaban J connectivity index is 1.45. The molecule has 6 rings (SSSR count). The number of nitrogens with zero attached hydrogens (tertiary/aromatic N) is 2. The van der Waals surface area contributed by atoms with Gasteiger partial charge < -0.3 is 9.47 Å². The van der Waals surface area contributed by atoms with Gasteiger partial charge >= 0.3 is 5.97 Å². The van der Waals surface area contributed by atoms with Crippen molar-refractivity contribution in [3.63, 3.8) is 0 Å². The van der Waals surface area contributed by atoms with Gasteiger partial charge in [-0.15, -0.1) is 0 Å². The monoisotopic (exact) mass is 770 g/mol. The molecule has 0 amide bonds. The minimum absolute atomic E-state index is 0.200. The molecule has 0 N–H and O–H groups in total. The molecule has 9 heteroatoms. The number of rotatable bonds is 9. The number of ether oxygens (including phenoxy) is 2. The lowest BCUT2D eigenvalue weighted by molar-refractivity contribution is -0.138. The van der Waals surface area contributed by atoms with Crippen molar-refractivity contribution in [3.05, 3.63) is 159 Å². The van der Waals surface area contributed by atoms with Gasteiger partial charge in [0.2, 0.25) is 0 Å². The summed E-state index contributed by atoms with van der Waals surface area (Å²) in [6.45, 7) is 6.67. The van der Waals surface area contributed by atoms with Gasteiger partial charge in [0.25, 0.3) is 5.56 Å². The summed E-state index contributed by atoms with van der Waals surface area (Å²) in [6.07, 6.45) is 1.85. The molecule has 1 aromatic heterocycles. The lowest BCUT2D eigenvalue weighted by Crippen LogP contribution is -2.40. The van der Waals surface area contributed by atoms with Gasteiger partial charge in [-0.05, 0) is 81.4 Å². The number of thiazole rings is 1. The normalized spacial score (nSPS) is 14.6. The van der Waals surface area contributed by atoms with E-state index in [0.29, 0.717) is 38.9 Å². The summed E-state index contributed by atoms with van der Waals surface area (Å²) in [5, 5.41) is 0. The molecule has 1 atom stereocenters. The van der Waals surface area contributed by atoms with Gasteiger partial charge in [0.05, 0.1) is 32.9 Å². The number of esters is 1. The number of hydrogen-bond donors (Lipinski definition) is 0.